The highest BCUT2D eigenvalue weighted by atomic mass is 19.4. The Balaban J connectivity index is 1.86. The van der Waals surface area contributed by atoms with Gasteiger partial charge in [-0.15, -0.1) is 0 Å². The number of rotatable bonds is 3. The van der Waals surface area contributed by atoms with Crippen LogP contribution in [0.3, 0.4) is 0 Å². The standard InChI is InChI=1S/C18H16F3N3O/c1-12-22-16(15-8-3-4-9-24(12)15)17(25)23(2)11-13-6-5-7-14(10-13)18(19,20)21/h3-10H,11H2,1-2H3. The minimum Gasteiger partial charge on any atom is -0.336 e. The smallest absolute Gasteiger partial charge is 0.336 e. The first-order valence-electron chi connectivity index (χ1n) is 7.62. The third kappa shape index (κ3) is 3.35. The zero-order chi connectivity index (χ0) is 18.2. The fourth-order valence-electron chi connectivity index (χ4n) is 2.72. The van der Waals surface area contributed by atoms with Gasteiger partial charge in [-0.1, -0.05) is 18.2 Å². The van der Waals surface area contributed by atoms with E-state index < -0.39 is 11.7 Å². The monoisotopic (exact) mass is 347 g/mol. The number of pyridine rings is 1. The molecular formula is C18H16F3N3O. The van der Waals surface area contributed by atoms with Crippen LogP contribution < -0.4 is 0 Å². The lowest BCUT2D eigenvalue weighted by molar-refractivity contribution is -0.137. The lowest BCUT2D eigenvalue weighted by atomic mass is 10.1. The number of halogens is 3. The van der Waals surface area contributed by atoms with Gasteiger partial charge in [0, 0.05) is 19.8 Å². The van der Waals surface area contributed by atoms with E-state index in [0.29, 0.717) is 16.9 Å². The molecule has 0 fully saturated rings. The number of hydrogen-bond acceptors (Lipinski definition) is 2. The Labute approximate surface area is 142 Å². The van der Waals surface area contributed by atoms with Crippen molar-refractivity contribution in [2.45, 2.75) is 19.6 Å². The predicted molar refractivity (Wildman–Crippen MR) is 87.2 cm³/mol. The van der Waals surface area contributed by atoms with E-state index in [4.69, 9.17) is 0 Å². The number of fused-ring (bicyclic) bond motifs is 1. The number of imidazole rings is 1. The number of alkyl halides is 3. The van der Waals surface area contributed by atoms with Crippen LogP contribution >= 0.6 is 0 Å². The summed E-state index contributed by atoms with van der Waals surface area (Å²) in [5.41, 5.74) is 0.633. The van der Waals surface area contributed by atoms with Gasteiger partial charge in [-0.25, -0.2) is 4.98 Å². The summed E-state index contributed by atoms with van der Waals surface area (Å²) in [6.07, 6.45) is -2.60. The molecule has 0 spiro atoms. The van der Waals surface area contributed by atoms with E-state index in [1.165, 1.54) is 11.0 Å². The van der Waals surface area contributed by atoms with Gasteiger partial charge in [-0.05, 0) is 36.8 Å². The summed E-state index contributed by atoms with van der Waals surface area (Å²) in [7, 11) is 1.55. The molecule has 3 rings (SSSR count). The van der Waals surface area contributed by atoms with Crippen LogP contribution in [0.2, 0.25) is 0 Å². The maximum atomic E-state index is 12.8. The van der Waals surface area contributed by atoms with Gasteiger partial charge in [0.1, 0.15) is 5.82 Å². The van der Waals surface area contributed by atoms with Gasteiger partial charge < -0.3 is 9.30 Å². The number of aryl methyl sites for hydroxylation is 1. The predicted octanol–water partition coefficient (Wildman–Crippen LogP) is 3.93. The lowest BCUT2D eigenvalue weighted by Gasteiger charge is -2.17. The molecule has 130 valence electrons. The first-order chi connectivity index (χ1) is 11.8. The van der Waals surface area contributed by atoms with E-state index in [1.54, 1.807) is 42.8 Å². The molecule has 7 heteroatoms. The highest BCUT2D eigenvalue weighted by molar-refractivity contribution is 5.99. The number of carbonyl (C=O) groups excluding carboxylic acids is 1. The zero-order valence-corrected chi connectivity index (χ0v) is 13.7. The molecule has 2 aromatic heterocycles. The highest BCUT2D eigenvalue weighted by Crippen LogP contribution is 2.29. The molecule has 0 saturated carbocycles. The van der Waals surface area contributed by atoms with Crippen molar-refractivity contribution < 1.29 is 18.0 Å². The normalized spacial score (nSPS) is 11.7. The average molecular weight is 347 g/mol. The van der Waals surface area contributed by atoms with Crippen molar-refractivity contribution in [1.82, 2.24) is 14.3 Å². The van der Waals surface area contributed by atoms with Crippen molar-refractivity contribution in [2.75, 3.05) is 7.05 Å². The summed E-state index contributed by atoms with van der Waals surface area (Å²) in [6, 6.07) is 10.4. The van der Waals surface area contributed by atoms with Crippen LogP contribution in [-0.4, -0.2) is 27.2 Å². The molecule has 0 aliphatic heterocycles. The second-order valence-electron chi connectivity index (χ2n) is 5.82. The van der Waals surface area contributed by atoms with Gasteiger partial charge in [0.25, 0.3) is 5.91 Å². The summed E-state index contributed by atoms with van der Waals surface area (Å²) in [4.78, 5) is 18.4. The van der Waals surface area contributed by atoms with E-state index in [0.717, 1.165) is 12.1 Å². The number of carbonyl (C=O) groups is 1. The van der Waals surface area contributed by atoms with Crippen LogP contribution in [0.5, 0.6) is 0 Å². The van der Waals surface area contributed by atoms with Crippen LogP contribution in [0.15, 0.2) is 48.7 Å². The number of amides is 1. The molecule has 1 aromatic carbocycles. The lowest BCUT2D eigenvalue weighted by Crippen LogP contribution is -2.27. The molecular weight excluding hydrogens is 331 g/mol. The number of hydrogen-bond donors (Lipinski definition) is 0. The molecule has 0 unspecified atom stereocenters. The highest BCUT2D eigenvalue weighted by Gasteiger charge is 2.30. The number of nitrogens with zero attached hydrogens (tertiary/aromatic N) is 3. The van der Waals surface area contributed by atoms with Crippen molar-refractivity contribution in [3.05, 3.63) is 71.3 Å². The molecule has 0 N–H and O–H groups in total. The van der Waals surface area contributed by atoms with Crippen molar-refractivity contribution >= 4 is 11.4 Å². The molecule has 1 amide bonds. The van der Waals surface area contributed by atoms with Crippen molar-refractivity contribution in [2.24, 2.45) is 0 Å². The molecule has 0 aliphatic rings. The molecule has 25 heavy (non-hydrogen) atoms. The molecule has 3 aromatic rings. The average Bonchev–Trinajstić information content (AvgIpc) is 2.91. The van der Waals surface area contributed by atoms with Crippen LogP contribution in [0.1, 0.15) is 27.4 Å². The zero-order valence-electron chi connectivity index (χ0n) is 13.7. The van der Waals surface area contributed by atoms with Gasteiger partial charge in [0.2, 0.25) is 0 Å². The van der Waals surface area contributed by atoms with Crippen LogP contribution in [0, 0.1) is 6.92 Å². The maximum absolute atomic E-state index is 12.8. The van der Waals surface area contributed by atoms with Crippen LogP contribution in [0.25, 0.3) is 5.52 Å². The first-order valence-corrected chi connectivity index (χ1v) is 7.62. The minimum atomic E-state index is -4.41. The van der Waals surface area contributed by atoms with E-state index in [1.807, 2.05) is 6.07 Å². The first kappa shape index (κ1) is 17.0. The second-order valence-corrected chi connectivity index (χ2v) is 5.82. The maximum Gasteiger partial charge on any atom is 0.416 e. The van der Waals surface area contributed by atoms with E-state index in [2.05, 4.69) is 4.98 Å². The number of aromatic nitrogens is 2. The Bertz CT molecular complexity index is 931. The summed E-state index contributed by atoms with van der Waals surface area (Å²) < 4.78 is 40.2. The molecule has 4 nitrogen and oxygen atoms in total. The Morgan fingerprint density at radius 3 is 2.68 bits per heavy atom. The summed E-state index contributed by atoms with van der Waals surface area (Å²) in [5, 5.41) is 0. The molecule has 0 aliphatic carbocycles. The number of benzene rings is 1. The van der Waals surface area contributed by atoms with Gasteiger partial charge >= 0.3 is 6.18 Å². The third-order valence-corrected chi connectivity index (χ3v) is 3.95. The molecule has 2 heterocycles. The van der Waals surface area contributed by atoms with Gasteiger partial charge in [0.05, 0.1) is 11.1 Å². The van der Waals surface area contributed by atoms with E-state index in [-0.39, 0.29) is 18.1 Å². The quantitative estimate of drug-likeness (QED) is 0.720. The van der Waals surface area contributed by atoms with Crippen LogP contribution in [0.4, 0.5) is 13.2 Å². The third-order valence-electron chi connectivity index (χ3n) is 3.95. The fraction of sp³-hybridized carbons (Fsp3) is 0.222. The summed E-state index contributed by atoms with van der Waals surface area (Å²) >= 11 is 0. The Morgan fingerprint density at radius 1 is 1.20 bits per heavy atom. The fourth-order valence-corrected chi connectivity index (χ4v) is 2.72. The minimum absolute atomic E-state index is 0.0631. The summed E-state index contributed by atoms with van der Waals surface area (Å²) in [6.45, 7) is 1.85. The van der Waals surface area contributed by atoms with E-state index in [9.17, 15) is 18.0 Å². The molecule has 0 saturated heterocycles. The van der Waals surface area contributed by atoms with Gasteiger partial charge in [-0.2, -0.15) is 13.2 Å². The molecule has 0 bridgehead atoms. The second kappa shape index (κ2) is 6.23. The van der Waals surface area contributed by atoms with E-state index >= 15 is 0 Å². The largest absolute Gasteiger partial charge is 0.416 e. The SMILES string of the molecule is Cc1nc(C(=O)N(C)Cc2cccc(C(F)(F)F)c2)c2ccccn12. The Hall–Kier alpha value is -2.83. The summed E-state index contributed by atoms with van der Waals surface area (Å²) in [5.74, 6) is 0.334. The van der Waals surface area contributed by atoms with Crippen molar-refractivity contribution in [1.29, 1.82) is 0 Å². The van der Waals surface area contributed by atoms with Crippen LogP contribution in [-0.2, 0) is 12.7 Å². The molecule has 0 radical (unpaired) electrons. The molecule has 0 atom stereocenters. The van der Waals surface area contributed by atoms with Crippen molar-refractivity contribution in [3.63, 3.8) is 0 Å². The topological polar surface area (TPSA) is 37.6 Å². The Kier molecular flexibility index (Phi) is 4.24. The van der Waals surface area contributed by atoms with Gasteiger partial charge in [0.15, 0.2) is 5.69 Å². The van der Waals surface area contributed by atoms with Gasteiger partial charge in [-0.3, -0.25) is 4.79 Å². The Morgan fingerprint density at radius 2 is 1.96 bits per heavy atom. The van der Waals surface area contributed by atoms with Crippen molar-refractivity contribution in [3.8, 4) is 0 Å².